The standard InChI is InChI=1S/C21H26N4O/c1-4-5-8-15-26-20-18-10-7-6-9-17(18)11-12-19(20)21(23-24(2)3)25-14-13-22-16-25/h6-7,9-14,16H,4-5,8,15H2,1-3H3/b23-21-. The van der Waals surface area contributed by atoms with E-state index in [0.717, 1.165) is 34.3 Å². The third-order valence-electron chi connectivity index (χ3n) is 4.16. The number of aromatic nitrogens is 2. The molecule has 1 heterocycles. The fourth-order valence-corrected chi connectivity index (χ4v) is 2.92. The van der Waals surface area contributed by atoms with Crippen molar-refractivity contribution in [2.75, 3.05) is 20.7 Å². The Labute approximate surface area is 154 Å². The molecule has 0 aliphatic rings. The molecule has 0 unspecified atom stereocenters. The Morgan fingerprint density at radius 2 is 2.00 bits per heavy atom. The number of benzene rings is 2. The van der Waals surface area contributed by atoms with Gasteiger partial charge in [-0.15, -0.1) is 0 Å². The van der Waals surface area contributed by atoms with Crippen molar-refractivity contribution in [3.63, 3.8) is 0 Å². The van der Waals surface area contributed by atoms with E-state index in [0.29, 0.717) is 6.61 Å². The summed E-state index contributed by atoms with van der Waals surface area (Å²) in [6.07, 6.45) is 8.81. The third kappa shape index (κ3) is 4.04. The average molecular weight is 350 g/mol. The minimum atomic E-state index is 0.702. The van der Waals surface area contributed by atoms with Gasteiger partial charge < -0.3 is 9.75 Å². The van der Waals surface area contributed by atoms with Gasteiger partial charge in [-0.1, -0.05) is 50.1 Å². The van der Waals surface area contributed by atoms with E-state index in [-0.39, 0.29) is 0 Å². The molecule has 0 aliphatic carbocycles. The van der Waals surface area contributed by atoms with E-state index in [9.17, 15) is 0 Å². The molecule has 0 aliphatic heterocycles. The zero-order valence-electron chi connectivity index (χ0n) is 15.7. The highest BCUT2D eigenvalue weighted by molar-refractivity contribution is 6.07. The van der Waals surface area contributed by atoms with Crippen LogP contribution in [0.3, 0.4) is 0 Å². The van der Waals surface area contributed by atoms with Crippen LogP contribution in [0.1, 0.15) is 31.7 Å². The fraction of sp³-hybridized carbons (Fsp3) is 0.333. The smallest absolute Gasteiger partial charge is 0.169 e. The fourth-order valence-electron chi connectivity index (χ4n) is 2.92. The van der Waals surface area contributed by atoms with Gasteiger partial charge in [0.05, 0.1) is 12.2 Å². The van der Waals surface area contributed by atoms with Crippen LogP contribution in [0.5, 0.6) is 5.75 Å². The van der Waals surface area contributed by atoms with Crippen LogP contribution in [0.4, 0.5) is 0 Å². The number of hydrogen-bond acceptors (Lipinski definition) is 4. The number of nitrogens with zero attached hydrogens (tertiary/aromatic N) is 4. The largest absolute Gasteiger partial charge is 0.492 e. The molecular formula is C21H26N4O. The molecule has 136 valence electrons. The highest BCUT2D eigenvalue weighted by Crippen LogP contribution is 2.31. The Kier molecular flexibility index (Phi) is 5.89. The maximum absolute atomic E-state index is 6.28. The van der Waals surface area contributed by atoms with Crippen LogP contribution in [-0.4, -0.2) is 41.1 Å². The van der Waals surface area contributed by atoms with Crippen molar-refractivity contribution in [1.82, 2.24) is 14.6 Å². The van der Waals surface area contributed by atoms with Crippen molar-refractivity contribution in [2.45, 2.75) is 26.2 Å². The molecule has 0 saturated heterocycles. The minimum absolute atomic E-state index is 0.702. The number of hydrogen-bond donors (Lipinski definition) is 0. The first kappa shape index (κ1) is 18.0. The second-order valence-electron chi connectivity index (χ2n) is 6.46. The SMILES string of the molecule is CCCCCOc1c(/C(=N/N(C)C)n2ccnc2)ccc2ccccc12. The van der Waals surface area contributed by atoms with Crippen LogP contribution in [0, 0.1) is 0 Å². The van der Waals surface area contributed by atoms with Crippen LogP contribution in [0.2, 0.25) is 0 Å². The summed E-state index contributed by atoms with van der Waals surface area (Å²) >= 11 is 0. The number of ether oxygens (including phenoxy) is 1. The highest BCUT2D eigenvalue weighted by atomic mass is 16.5. The van der Waals surface area contributed by atoms with E-state index in [2.05, 4.69) is 36.2 Å². The van der Waals surface area contributed by atoms with Gasteiger partial charge in [0.15, 0.2) is 5.84 Å². The zero-order chi connectivity index (χ0) is 18.4. The maximum atomic E-state index is 6.28. The summed E-state index contributed by atoms with van der Waals surface area (Å²) in [5.41, 5.74) is 0.965. The van der Waals surface area contributed by atoms with Crippen LogP contribution < -0.4 is 4.74 Å². The van der Waals surface area contributed by atoms with Gasteiger partial charge in [0.1, 0.15) is 12.1 Å². The van der Waals surface area contributed by atoms with E-state index in [1.807, 2.05) is 37.0 Å². The van der Waals surface area contributed by atoms with E-state index in [1.54, 1.807) is 17.5 Å². The van der Waals surface area contributed by atoms with Gasteiger partial charge in [0.2, 0.25) is 0 Å². The van der Waals surface area contributed by atoms with E-state index < -0.39 is 0 Å². The first-order valence-electron chi connectivity index (χ1n) is 9.10. The molecule has 0 bridgehead atoms. The molecule has 0 spiro atoms. The molecule has 0 saturated carbocycles. The molecule has 5 heteroatoms. The van der Waals surface area contributed by atoms with Crippen LogP contribution in [0.25, 0.3) is 10.8 Å². The molecule has 3 rings (SSSR count). The first-order chi connectivity index (χ1) is 12.7. The predicted octanol–water partition coefficient (Wildman–Crippen LogP) is 4.38. The van der Waals surface area contributed by atoms with Gasteiger partial charge in [-0.2, -0.15) is 5.10 Å². The molecule has 1 aromatic heterocycles. The first-order valence-corrected chi connectivity index (χ1v) is 9.10. The van der Waals surface area contributed by atoms with Gasteiger partial charge in [0.25, 0.3) is 0 Å². The van der Waals surface area contributed by atoms with Crippen molar-refractivity contribution >= 4 is 16.6 Å². The van der Waals surface area contributed by atoms with E-state index >= 15 is 0 Å². The monoisotopic (exact) mass is 350 g/mol. The maximum Gasteiger partial charge on any atom is 0.169 e. The van der Waals surface area contributed by atoms with Crippen LogP contribution >= 0.6 is 0 Å². The summed E-state index contributed by atoms with van der Waals surface area (Å²) in [5.74, 6) is 1.68. The van der Waals surface area contributed by atoms with Gasteiger partial charge in [0, 0.05) is 31.9 Å². The lowest BCUT2D eigenvalue weighted by atomic mass is 10.0. The van der Waals surface area contributed by atoms with Gasteiger partial charge in [-0.3, -0.25) is 4.57 Å². The highest BCUT2D eigenvalue weighted by Gasteiger charge is 2.16. The van der Waals surface area contributed by atoms with E-state index in [4.69, 9.17) is 9.84 Å². The van der Waals surface area contributed by atoms with Crippen molar-refractivity contribution in [3.05, 3.63) is 60.7 Å². The zero-order valence-corrected chi connectivity index (χ0v) is 15.7. The molecule has 5 nitrogen and oxygen atoms in total. The number of fused-ring (bicyclic) bond motifs is 1. The normalized spacial score (nSPS) is 11.7. The van der Waals surface area contributed by atoms with Gasteiger partial charge in [-0.25, -0.2) is 4.98 Å². The molecule has 0 fully saturated rings. The molecule has 0 amide bonds. The number of unbranched alkanes of at least 4 members (excludes halogenated alkanes) is 2. The van der Waals surface area contributed by atoms with E-state index in [1.165, 1.54) is 12.8 Å². The molecule has 0 radical (unpaired) electrons. The van der Waals surface area contributed by atoms with Crippen molar-refractivity contribution in [3.8, 4) is 5.75 Å². The summed E-state index contributed by atoms with van der Waals surface area (Å²) in [6, 6.07) is 12.5. The summed E-state index contributed by atoms with van der Waals surface area (Å²) in [6.45, 7) is 2.90. The minimum Gasteiger partial charge on any atom is -0.492 e. The average Bonchev–Trinajstić information content (AvgIpc) is 3.17. The Morgan fingerprint density at radius 3 is 2.73 bits per heavy atom. The summed E-state index contributed by atoms with van der Waals surface area (Å²) in [4.78, 5) is 4.18. The summed E-state index contributed by atoms with van der Waals surface area (Å²) < 4.78 is 8.20. The number of imidazole rings is 1. The van der Waals surface area contributed by atoms with Crippen molar-refractivity contribution < 1.29 is 4.74 Å². The predicted molar refractivity (Wildman–Crippen MR) is 107 cm³/mol. The molecule has 2 aromatic carbocycles. The van der Waals surface area contributed by atoms with Crippen molar-refractivity contribution in [2.24, 2.45) is 5.10 Å². The number of hydrazone groups is 1. The summed E-state index contributed by atoms with van der Waals surface area (Å²) in [7, 11) is 3.83. The lowest BCUT2D eigenvalue weighted by molar-refractivity contribution is 0.309. The van der Waals surface area contributed by atoms with Crippen LogP contribution in [-0.2, 0) is 0 Å². The lowest BCUT2D eigenvalue weighted by Gasteiger charge is -2.18. The Hall–Kier alpha value is -2.82. The Bertz CT molecular complexity index is 869. The molecule has 26 heavy (non-hydrogen) atoms. The summed E-state index contributed by atoms with van der Waals surface area (Å²) in [5, 5.41) is 8.76. The topological polar surface area (TPSA) is 42.6 Å². The number of rotatable bonds is 7. The Morgan fingerprint density at radius 1 is 1.15 bits per heavy atom. The molecular weight excluding hydrogens is 324 g/mol. The molecule has 3 aromatic rings. The Balaban J connectivity index is 2.10. The van der Waals surface area contributed by atoms with Gasteiger partial charge >= 0.3 is 0 Å². The quantitative estimate of drug-likeness (QED) is 0.275. The second kappa shape index (κ2) is 8.52. The van der Waals surface area contributed by atoms with Crippen molar-refractivity contribution in [1.29, 1.82) is 0 Å². The molecule has 0 atom stereocenters. The lowest BCUT2D eigenvalue weighted by Crippen LogP contribution is -2.18. The van der Waals surface area contributed by atoms with Gasteiger partial charge in [-0.05, 0) is 17.9 Å². The molecule has 0 N–H and O–H groups in total. The second-order valence-corrected chi connectivity index (χ2v) is 6.46. The third-order valence-corrected chi connectivity index (χ3v) is 4.16. The van der Waals surface area contributed by atoms with Crippen LogP contribution in [0.15, 0.2) is 60.2 Å².